The number of nitrogens with zero attached hydrogens (tertiary/aromatic N) is 1. The van der Waals surface area contributed by atoms with Gasteiger partial charge in [-0.1, -0.05) is 46.5 Å². The number of likely N-dealkylation sites (tertiary alicyclic amines) is 1. The number of nitrogens with two attached hydrogens (primary N) is 1. The van der Waals surface area contributed by atoms with Gasteiger partial charge in [0.15, 0.2) is 0 Å². The topological polar surface area (TPSA) is 29.3 Å². The van der Waals surface area contributed by atoms with Crippen LogP contribution in [0.2, 0.25) is 0 Å². The number of hydrogen-bond acceptors (Lipinski definition) is 2. The summed E-state index contributed by atoms with van der Waals surface area (Å²) in [4.78, 5) is 2.79. The Bertz CT molecular complexity index is 275. The zero-order valence-corrected chi connectivity index (χ0v) is 13.4. The zero-order chi connectivity index (χ0) is 13.9. The number of hydrogen-bond donors (Lipinski definition) is 1. The highest BCUT2D eigenvalue weighted by atomic mass is 15.2. The lowest BCUT2D eigenvalue weighted by Gasteiger charge is -2.51. The van der Waals surface area contributed by atoms with Crippen LogP contribution in [0.1, 0.15) is 72.1 Å². The maximum atomic E-state index is 6.26. The van der Waals surface area contributed by atoms with Gasteiger partial charge in [-0.2, -0.15) is 0 Å². The molecule has 2 N–H and O–H groups in total. The average Bonchev–Trinajstić information content (AvgIpc) is 2.91. The standard InChI is InChI=1S/C17H34N2/c1-4-15-8-7-9-17(15,14-18)19-12-10-16(5-2,6-3)11-13-19/h15H,4-14,18H2,1-3H3. The minimum Gasteiger partial charge on any atom is -0.329 e. The highest BCUT2D eigenvalue weighted by Gasteiger charge is 2.47. The summed E-state index contributed by atoms with van der Waals surface area (Å²) in [5, 5.41) is 0. The first-order chi connectivity index (χ1) is 9.16. The molecule has 1 heterocycles. The predicted molar refractivity (Wildman–Crippen MR) is 83.2 cm³/mol. The van der Waals surface area contributed by atoms with Crippen molar-refractivity contribution in [3.05, 3.63) is 0 Å². The normalized spacial score (nSPS) is 35.7. The van der Waals surface area contributed by atoms with Crippen molar-refractivity contribution in [2.24, 2.45) is 17.1 Å². The van der Waals surface area contributed by atoms with Crippen molar-refractivity contribution in [3.63, 3.8) is 0 Å². The Morgan fingerprint density at radius 1 is 1.05 bits per heavy atom. The molecule has 0 bridgehead atoms. The van der Waals surface area contributed by atoms with Gasteiger partial charge < -0.3 is 5.73 Å². The van der Waals surface area contributed by atoms with Crippen LogP contribution in [0.25, 0.3) is 0 Å². The second-order valence-corrected chi connectivity index (χ2v) is 7.00. The van der Waals surface area contributed by atoms with Gasteiger partial charge in [0, 0.05) is 12.1 Å². The molecule has 0 aromatic carbocycles. The summed E-state index contributed by atoms with van der Waals surface area (Å²) in [6.07, 6.45) is 10.9. The Hall–Kier alpha value is -0.0800. The third-order valence-electron chi connectivity index (χ3n) is 6.72. The summed E-state index contributed by atoms with van der Waals surface area (Å²) in [5.41, 5.74) is 7.24. The van der Waals surface area contributed by atoms with Crippen LogP contribution in [0.4, 0.5) is 0 Å². The van der Waals surface area contributed by atoms with Crippen LogP contribution < -0.4 is 5.73 Å². The molecule has 2 fully saturated rings. The minimum atomic E-state index is 0.350. The van der Waals surface area contributed by atoms with Crippen LogP contribution >= 0.6 is 0 Å². The van der Waals surface area contributed by atoms with Gasteiger partial charge in [-0.15, -0.1) is 0 Å². The molecule has 0 aromatic heterocycles. The molecule has 0 aromatic rings. The molecular weight excluding hydrogens is 232 g/mol. The molecule has 1 saturated heterocycles. The molecule has 1 aliphatic heterocycles. The van der Waals surface area contributed by atoms with Crippen molar-refractivity contribution in [1.29, 1.82) is 0 Å². The van der Waals surface area contributed by atoms with E-state index in [0.29, 0.717) is 11.0 Å². The van der Waals surface area contributed by atoms with E-state index in [2.05, 4.69) is 25.7 Å². The lowest BCUT2D eigenvalue weighted by atomic mass is 9.72. The van der Waals surface area contributed by atoms with Crippen molar-refractivity contribution in [1.82, 2.24) is 4.90 Å². The Morgan fingerprint density at radius 3 is 2.16 bits per heavy atom. The molecule has 112 valence electrons. The van der Waals surface area contributed by atoms with Crippen molar-refractivity contribution >= 4 is 0 Å². The van der Waals surface area contributed by atoms with Gasteiger partial charge in [0.1, 0.15) is 0 Å². The molecule has 2 atom stereocenters. The van der Waals surface area contributed by atoms with E-state index in [1.165, 1.54) is 64.5 Å². The van der Waals surface area contributed by atoms with Gasteiger partial charge in [0.25, 0.3) is 0 Å². The highest BCUT2D eigenvalue weighted by Crippen LogP contribution is 2.46. The van der Waals surface area contributed by atoms with E-state index in [1.54, 1.807) is 0 Å². The van der Waals surface area contributed by atoms with E-state index in [1.807, 2.05) is 0 Å². The van der Waals surface area contributed by atoms with E-state index < -0.39 is 0 Å². The molecule has 0 radical (unpaired) electrons. The lowest BCUT2D eigenvalue weighted by Crippen LogP contribution is -2.59. The Balaban J connectivity index is 2.07. The van der Waals surface area contributed by atoms with Crippen LogP contribution in [0, 0.1) is 11.3 Å². The number of rotatable bonds is 5. The van der Waals surface area contributed by atoms with Crippen molar-refractivity contribution < 1.29 is 0 Å². The summed E-state index contributed by atoms with van der Waals surface area (Å²) >= 11 is 0. The van der Waals surface area contributed by atoms with Crippen molar-refractivity contribution in [2.45, 2.75) is 77.7 Å². The molecule has 2 heteroatoms. The SMILES string of the molecule is CCC1CCCC1(CN)N1CCC(CC)(CC)CC1. The summed E-state index contributed by atoms with van der Waals surface area (Å²) in [6, 6.07) is 0. The second-order valence-electron chi connectivity index (χ2n) is 7.00. The van der Waals surface area contributed by atoms with Crippen LogP contribution in [-0.2, 0) is 0 Å². The van der Waals surface area contributed by atoms with Gasteiger partial charge in [-0.05, 0) is 50.1 Å². The van der Waals surface area contributed by atoms with Crippen LogP contribution in [-0.4, -0.2) is 30.1 Å². The minimum absolute atomic E-state index is 0.350. The van der Waals surface area contributed by atoms with Crippen LogP contribution in [0.3, 0.4) is 0 Å². The molecule has 1 aliphatic carbocycles. The van der Waals surface area contributed by atoms with E-state index in [-0.39, 0.29) is 0 Å². The first-order valence-electron chi connectivity index (χ1n) is 8.61. The van der Waals surface area contributed by atoms with Crippen molar-refractivity contribution in [2.75, 3.05) is 19.6 Å². The fraction of sp³-hybridized carbons (Fsp3) is 1.00. The second kappa shape index (κ2) is 6.13. The predicted octanol–water partition coefficient (Wildman–Crippen LogP) is 3.80. The van der Waals surface area contributed by atoms with Gasteiger partial charge in [-0.3, -0.25) is 4.90 Å². The fourth-order valence-corrected chi connectivity index (χ4v) is 4.91. The smallest absolute Gasteiger partial charge is 0.0359 e. The largest absolute Gasteiger partial charge is 0.329 e. The summed E-state index contributed by atoms with van der Waals surface area (Å²) in [6.45, 7) is 10.6. The summed E-state index contributed by atoms with van der Waals surface area (Å²) < 4.78 is 0. The quantitative estimate of drug-likeness (QED) is 0.820. The van der Waals surface area contributed by atoms with E-state index in [0.717, 1.165) is 12.5 Å². The Labute approximate surface area is 120 Å². The highest BCUT2D eigenvalue weighted by molar-refractivity contribution is 5.03. The van der Waals surface area contributed by atoms with Crippen LogP contribution in [0.5, 0.6) is 0 Å². The molecule has 2 unspecified atom stereocenters. The Kier molecular flexibility index (Phi) is 4.94. The zero-order valence-electron chi connectivity index (χ0n) is 13.4. The molecule has 19 heavy (non-hydrogen) atoms. The molecule has 2 rings (SSSR count). The van der Waals surface area contributed by atoms with Crippen LogP contribution in [0.15, 0.2) is 0 Å². The van der Waals surface area contributed by atoms with Gasteiger partial charge in [0.05, 0.1) is 0 Å². The molecule has 2 aliphatic rings. The molecule has 1 saturated carbocycles. The maximum Gasteiger partial charge on any atom is 0.0359 e. The maximum absolute atomic E-state index is 6.26. The molecular formula is C17H34N2. The first-order valence-corrected chi connectivity index (χ1v) is 8.61. The van der Waals surface area contributed by atoms with E-state index in [4.69, 9.17) is 5.73 Å². The molecule has 2 nitrogen and oxygen atoms in total. The third kappa shape index (κ3) is 2.58. The number of piperidine rings is 1. The lowest BCUT2D eigenvalue weighted by molar-refractivity contribution is -0.00519. The Morgan fingerprint density at radius 2 is 1.68 bits per heavy atom. The average molecular weight is 266 g/mol. The monoisotopic (exact) mass is 266 g/mol. The van der Waals surface area contributed by atoms with E-state index in [9.17, 15) is 0 Å². The molecule has 0 spiro atoms. The van der Waals surface area contributed by atoms with Gasteiger partial charge >= 0.3 is 0 Å². The van der Waals surface area contributed by atoms with Gasteiger partial charge in [-0.25, -0.2) is 0 Å². The molecule has 0 amide bonds. The van der Waals surface area contributed by atoms with Gasteiger partial charge in [0.2, 0.25) is 0 Å². The van der Waals surface area contributed by atoms with Crippen molar-refractivity contribution in [3.8, 4) is 0 Å². The summed E-state index contributed by atoms with van der Waals surface area (Å²) in [7, 11) is 0. The third-order valence-corrected chi connectivity index (χ3v) is 6.72. The first kappa shape index (κ1) is 15.3. The summed E-state index contributed by atoms with van der Waals surface area (Å²) in [5.74, 6) is 0.841. The fourth-order valence-electron chi connectivity index (χ4n) is 4.91. The van der Waals surface area contributed by atoms with E-state index >= 15 is 0 Å².